The molecule has 2 aliphatic heterocycles. The van der Waals surface area contributed by atoms with Gasteiger partial charge in [0, 0.05) is 56.1 Å². The predicted octanol–water partition coefficient (Wildman–Crippen LogP) is 4.04. The topological polar surface area (TPSA) is 90.4 Å². The third-order valence-electron chi connectivity index (χ3n) is 5.70. The third kappa shape index (κ3) is 6.03. The van der Waals surface area contributed by atoms with Crippen LogP contribution in [0, 0.1) is 10.8 Å². The Labute approximate surface area is 185 Å². The number of allylic oxidation sites excluding steroid dienone is 1. The molecule has 3 radical (unpaired) electrons. The first-order chi connectivity index (χ1) is 14.2. The lowest BCUT2D eigenvalue weighted by molar-refractivity contribution is -0.103. The maximum Gasteiger partial charge on any atom is 0.164 e. The average Bonchev–Trinajstić information content (AvgIpc) is 3.46. The van der Waals surface area contributed by atoms with E-state index < -0.39 is 0 Å². The van der Waals surface area contributed by atoms with E-state index in [4.69, 9.17) is 0 Å². The largest absolute Gasteiger partial charge is 0.365 e. The highest BCUT2D eigenvalue weighted by molar-refractivity contribution is 6.30. The molecule has 0 saturated carbocycles. The molecule has 0 saturated heterocycles. The first kappa shape index (κ1) is 24.3. The second-order valence-corrected chi connectivity index (χ2v) is 9.26. The number of aromatic amines is 2. The summed E-state index contributed by atoms with van der Waals surface area (Å²) in [7, 11) is 0. The van der Waals surface area contributed by atoms with Crippen LogP contribution in [0.25, 0.3) is 6.08 Å². The second-order valence-electron chi connectivity index (χ2n) is 9.26. The van der Waals surface area contributed by atoms with E-state index in [1.165, 1.54) is 5.69 Å². The molecule has 0 aliphatic carbocycles. The summed E-state index contributed by atoms with van der Waals surface area (Å²) in [5, 5.41) is 0. The first-order valence-corrected chi connectivity index (χ1v) is 10.3. The van der Waals surface area contributed by atoms with Crippen molar-refractivity contribution in [2.24, 2.45) is 20.8 Å². The first-order valence-electron chi connectivity index (χ1n) is 10.3. The Bertz CT molecular complexity index is 967. The fourth-order valence-electron chi connectivity index (χ4n) is 3.87. The fourth-order valence-corrected chi connectivity index (χ4v) is 3.87. The lowest BCUT2D eigenvalue weighted by atomic mass is 9.81. The zero-order valence-electron chi connectivity index (χ0n) is 18.7. The van der Waals surface area contributed by atoms with Crippen LogP contribution < -0.4 is 0 Å². The predicted molar refractivity (Wildman–Crippen MR) is 127 cm³/mol. The number of nitrogens with zero attached hydrogens (tertiary/aromatic N) is 2. The summed E-state index contributed by atoms with van der Waals surface area (Å²) in [6, 6.07) is 8.19. The van der Waals surface area contributed by atoms with Crippen molar-refractivity contribution in [3.8, 4) is 0 Å². The maximum absolute atomic E-state index is 10.7. The van der Waals surface area contributed by atoms with Gasteiger partial charge >= 0.3 is 0 Å². The van der Waals surface area contributed by atoms with Gasteiger partial charge in [-0.2, -0.15) is 0 Å². The number of aldehydes is 2. The molecule has 2 aromatic heterocycles. The molecule has 4 rings (SSSR count). The van der Waals surface area contributed by atoms with Gasteiger partial charge < -0.3 is 9.97 Å². The van der Waals surface area contributed by atoms with Crippen LogP contribution in [0.1, 0.15) is 51.9 Å². The number of hydrogen-bond donors (Lipinski definition) is 2. The zero-order chi connectivity index (χ0) is 21.8. The Morgan fingerprint density at radius 2 is 1.68 bits per heavy atom. The van der Waals surface area contributed by atoms with Crippen LogP contribution in [0.2, 0.25) is 0 Å². The molecule has 4 heterocycles. The Balaban J connectivity index is 0.000000213. The molecular weight excluding hydrogens is 387 g/mol. The van der Waals surface area contributed by atoms with Gasteiger partial charge in [0.05, 0.1) is 17.5 Å². The number of rotatable bonds is 5. The van der Waals surface area contributed by atoms with Gasteiger partial charge in [0.15, 0.2) is 12.6 Å². The Hall–Kier alpha value is -2.96. The van der Waals surface area contributed by atoms with E-state index in [2.05, 4.69) is 53.7 Å². The lowest BCUT2D eigenvalue weighted by Crippen LogP contribution is -2.25. The number of carbonyl (C=O) groups is 2. The Kier molecular flexibility index (Phi) is 7.77. The van der Waals surface area contributed by atoms with Gasteiger partial charge in [-0.15, -0.1) is 0 Å². The monoisotopic (exact) mass is 417 g/mol. The molecule has 2 N–H and O–H groups in total. The lowest BCUT2D eigenvalue weighted by Gasteiger charge is -2.24. The molecule has 31 heavy (non-hydrogen) atoms. The van der Waals surface area contributed by atoms with Gasteiger partial charge in [0.1, 0.15) is 0 Å². The van der Waals surface area contributed by atoms with Crippen LogP contribution in [-0.2, 0) is 16.0 Å². The smallest absolute Gasteiger partial charge is 0.164 e. The molecule has 1 unspecified atom stereocenters. The highest BCUT2D eigenvalue weighted by Gasteiger charge is 2.36. The van der Waals surface area contributed by atoms with E-state index >= 15 is 0 Å². The molecule has 1 atom stereocenters. The molecule has 0 amide bonds. The number of nitrogens with one attached hydrogen (secondary N) is 2. The van der Waals surface area contributed by atoms with Gasteiger partial charge in [-0.3, -0.25) is 19.6 Å². The van der Waals surface area contributed by atoms with Crippen LogP contribution >= 0.6 is 0 Å². The van der Waals surface area contributed by atoms with E-state index in [0.29, 0.717) is 11.4 Å². The Morgan fingerprint density at radius 3 is 2.19 bits per heavy atom. The van der Waals surface area contributed by atoms with Crippen molar-refractivity contribution in [2.45, 2.75) is 53.0 Å². The van der Waals surface area contributed by atoms with Crippen molar-refractivity contribution in [3.05, 3.63) is 53.7 Å². The van der Waals surface area contributed by atoms with E-state index in [0.717, 1.165) is 43.2 Å². The van der Waals surface area contributed by atoms with Crippen molar-refractivity contribution in [3.63, 3.8) is 0 Å². The van der Waals surface area contributed by atoms with E-state index in [1.807, 2.05) is 36.7 Å². The van der Waals surface area contributed by atoms with Gasteiger partial charge in [0.2, 0.25) is 0 Å². The summed E-state index contributed by atoms with van der Waals surface area (Å²) in [6.07, 6.45) is 9.92. The minimum atomic E-state index is -0.0403. The van der Waals surface area contributed by atoms with Crippen molar-refractivity contribution in [1.82, 2.24) is 9.97 Å². The van der Waals surface area contributed by atoms with Gasteiger partial charge in [-0.25, -0.2) is 0 Å². The van der Waals surface area contributed by atoms with Crippen LogP contribution in [0.5, 0.6) is 0 Å². The summed E-state index contributed by atoms with van der Waals surface area (Å²) in [5.41, 5.74) is 4.57. The van der Waals surface area contributed by atoms with E-state index in [-0.39, 0.29) is 25.3 Å². The number of aliphatic imine (C=N–C) groups is 2. The number of carbonyl (C=O) groups excluding carboxylic acids is 2. The molecular formula is C24H30BN4O2. The van der Waals surface area contributed by atoms with E-state index in [1.54, 1.807) is 0 Å². The van der Waals surface area contributed by atoms with E-state index in [9.17, 15) is 9.59 Å². The quantitative estimate of drug-likeness (QED) is 0.568. The molecule has 6 nitrogen and oxygen atoms in total. The normalized spacial score (nSPS) is 22.1. The molecule has 7 heteroatoms. The number of aromatic nitrogens is 2. The van der Waals surface area contributed by atoms with Gasteiger partial charge in [-0.1, -0.05) is 27.7 Å². The van der Waals surface area contributed by atoms with Crippen LogP contribution in [-0.4, -0.2) is 48.4 Å². The molecule has 161 valence electrons. The highest BCUT2D eigenvalue weighted by Crippen LogP contribution is 2.38. The third-order valence-corrected chi connectivity index (χ3v) is 5.70. The molecule has 0 aromatic carbocycles. The van der Waals surface area contributed by atoms with Gasteiger partial charge in [0.25, 0.3) is 0 Å². The summed E-state index contributed by atoms with van der Waals surface area (Å²) < 4.78 is 0. The van der Waals surface area contributed by atoms with Crippen LogP contribution in [0.15, 0.2) is 52.3 Å². The number of H-pyrrole nitrogens is 2. The SMILES string of the molecule is CC1(C)CC(C=O)=N/C1=C\c1ccc[nH]1.CC1(C)CC(C=O)=NC1Cc1ccc[nH]1.[B]. The summed E-state index contributed by atoms with van der Waals surface area (Å²) in [6.45, 7) is 8.53. The second kappa shape index (κ2) is 9.90. The standard InChI is InChI=1S/C12H16N2O.C12H14N2O.B/c2*1-12(2)7-10(8-15)14-11(12)6-9-4-3-5-13-9;/h3-5,8,11,13H,6-7H2,1-2H3;3-6,8,13H,7H2,1-2H3;/b;11-6-;. The summed E-state index contributed by atoms with van der Waals surface area (Å²) in [4.78, 5) is 36.4. The minimum Gasteiger partial charge on any atom is -0.365 e. The van der Waals surface area contributed by atoms with Crippen molar-refractivity contribution in [1.29, 1.82) is 0 Å². The van der Waals surface area contributed by atoms with Crippen LogP contribution in [0.3, 0.4) is 0 Å². The molecule has 2 aliphatic rings. The Morgan fingerprint density at radius 1 is 1.00 bits per heavy atom. The minimum absolute atomic E-state index is 0. The average molecular weight is 417 g/mol. The summed E-state index contributed by atoms with van der Waals surface area (Å²) >= 11 is 0. The maximum atomic E-state index is 10.7. The highest BCUT2D eigenvalue weighted by atomic mass is 16.1. The van der Waals surface area contributed by atoms with Crippen molar-refractivity contribution < 1.29 is 9.59 Å². The zero-order valence-corrected chi connectivity index (χ0v) is 18.7. The fraction of sp³-hybridized carbons (Fsp3) is 0.417. The van der Waals surface area contributed by atoms with Crippen LogP contribution in [0.4, 0.5) is 0 Å². The van der Waals surface area contributed by atoms with Gasteiger partial charge in [-0.05, 0) is 42.2 Å². The molecule has 0 bridgehead atoms. The van der Waals surface area contributed by atoms with Crippen molar-refractivity contribution >= 4 is 38.5 Å². The summed E-state index contributed by atoms with van der Waals surface area (Å²) in [5.74, 6) is 0. The molecule has 0 fully saturated rings. The molecule has 0 spiro atoms. The molecule has 2 aromatic rings. The number of hydrogen-bond acceptors (Lipinski definition) is 4. The van der Waals surface area contributed by atoms with Crippen molar-refractivity contribution in [2.75, 3.05) is 0 Å².